The largest absolute Gasteiger partial charge is 1.00 e. The maximum Gasteiger partial charge on any atom is 1.00 e. The molecule has 34 heavy (non-hydrogen) atoms. The van der Waals surface area contributed by atoms with Crippen LogP contribution >= 0.6 is 0 Å². The first-order valence-electron chi connectivity index (χ1n) is 13.0. The van der Waals surface area contributed by atoms with Gasteiger partial charge in [-0.1, -0.05) is 20.8 Å². The van der Waals surface area contributed by atoms with Crippen molar-refractivity contribution in [3.63, 3.8) is 0 Å². The van der Waals surface area contributed by atoms with Gasteiger partial charge < -0.3 is 30.5 Å². The standard InChI is InChI=1S/C26H43NO6.Na/c1-14(4-7-22(31)27-13-23(32)33)17-5-6-18-24-19(12-21(30)26(17,18)3)25(2)9-8-16(28)10-15(25)11-20(24)29;/h14-21,24,28-30H,4-13H2,1-3H3,(H,27,31)(H,32,33);/q;+1/p-1/t14?,15?,16?,17?,18?,19?,20?,21?,24?,25-,26+;/m0./s1. The van der Waals surface area contributed by atoms with Crippen LogP contribution in [0.5, 0.6) is 0 Å². The van der Waals surface area contributed by atoms with Gasteiger partial charge in [-0.2, -0.15) is 0 Å². The number of aliphatic carboxylic acids is 1. The minimum atomic E-state index is -1.29. The van der Waals surface area contributed by atoms with E-state index in [9.17, 15) is 30.0 Å². The third-order valence-electron chi connectivity index (χ3n) is 10.8. The number of hydrogen-bond acceptors (Lipinski definition) is 6. The Labute approximate surface area is 225 Å². The second-order valence-corrected chi connectivity index (χ2v) is 12.2. The van der Waals surface area contributed by atoms with Gasteiger partial charge in [0.15, 0.2) is 0 Å². The summed E-state index contributed by atoms with van der Waals surface area (Å²) in [5.74, 6) is -0.0789. The third-order valence-corrected chi connectivity index (χ3v) is 10.8. The number of hydrogen-bond donors (Lipinski definition) is 4. The summed E-state index contributed by atoms with van der Waals surface area (Å²) in [4.78, 5) is 22.6. The van der Waals surface area contributed by atoms with Crippen LogP contribution in [-0.4, -0.2) is 52.1 Å². The zero-order valence-electron chi connectivity index (χ0n) is 21.3. The zero-order chi connectivity index (χ0) is 24.1. The summed E-state index contributed by atoms with van der Waals surface area (Å²) in [6.45, 7) is 6.21. The fourth-order valence-electron chi connectivity index (χ4n) is 8.95. The van der Waals surface area contributed by atoms with E-state index in [1.807, 2.05) is 0 Å². The van der Waals surface area contributed by atoms with Crippen molar-refractivity contribution in [3.05, 3.63) is 0 Å². The maximum atomic E-state index is 12.0. The number of rotatable bonds is 6. The Morgan fingerprint density at radius 3 is 2.44 bits per heavy atom. The Morgan fingerprint density at radius 2 is 1.76 bits per heavy atom. The molecule has 4 aliphatic rings. The van der Waals surface area contributed by atoms with Crippen molar-refractivity contribution in [2.45, 2.75) is 96.9 Å². The number of carbonyl (C=O) groups is 2. The second kappa shape index (κ2) is 10.7. The van der Waals surface area contributed by atoms with E-state index in [0.29, 0.717) is 18.8 Å². The molecule has 188 valence electrons. The smallest absolute Gasteiger partial charge is 0.548 e. The van der Waals surface area contributed by atoms with E-state index >= 15 is 0 Å². The first-order valence-corrected chi connectivity index (χ1v) is 13.0. The van der Waals surface area contributed by atoms with Crippen LogP contribution in [0, 0.1) is 46.3 Å². The molecule has 0 aromatic heterocycles. The zero-order valence-corrected chi connectivity index (χ0v) is 23.3. The van der Waals surface area contributed by atoms with Gasteiger partial charge in [-0.3, -0.25) is 4.79 Å². The summed E-state index contributed by atoms with van der Waals surface area (Å²) < 4.78 is 0. The first kappa shape index (κ1) is 28.4. The van der Waals surface area contributed by atoms with E-state index in [1.54, 1.807) is 0 Å². The quantitative estimate of drug-likeness (QED) is 0.328. The van der Waals surface area contributed by atoms with E-state index in [2.05, 4.69) is 26.1 Å². The predicted octanol–water partition coefficient (Wildman–Crippen LogP) is -1.77. The number of fused-ring (bicyclic) bond motifs is 5. The molecule has 0 heterocycles. The molecule has 8 heteroatoms. The SMILES string of the molecule is CC(CCC(=O)NCC(=O)[O-])C1CCC2C3C(O)CC4CC(O)CC[C@]4(C)C3CC(O)[C@]12C.[Na+]. The summed E-state index contributed by atoms with van der Waals surface area (Å²) in [6, 6.07) is 0. The maximum absolute atomic E-state index is 12.0. The van der Waals surface area contributed by atoms with Gasteiger partial charge >= 0.3 is 29.6 Å². The van der Waals surface area contributed by atoms with Crippen molar-refractivity contribution in [1.29, 1.82) is 0 Å². The Morgan fingerprint density at radius 1 is 1.06 bits per heavy atom. The van der Waals surface area contributed by atoms with E-state index < -0.39 is 18.6 Å². The van der Waals surface area contributed by atoms with Crippen LogP contribution in [0.1, 0.15) is 78.6 Å². The van der Waals surface area contributed by atoms with Gasteiger partial charge in [0.1, 0.15) is 0 Å². The van der Waals surface area contributed by atoms with Gasteiger partial charge in [0.25, 0.3) is 0 Å². The monoisotopic (exact) mass is 487 g/mol. The van der Waals surface area contributed by atoms with Crippen LogP contribution in [0.2, 0.25) is 0 Å². The number of aliphatic hydroxyl groups is 3. The molecule has 7 nitrogen and oxygen atoms in total. The number of nitrogens with one attached hydrogen (secondary N) is 1. The Kier molecular flexibility index (Phi) is 8.91. The van der Waals surface area contributed by atoms with Gasteiger partial charge in [-0.15, -0.1) is 0 Å². The van der Waals surface area contributed by atoms with E-state index in [-0.39, 0.29) is 94.5 Å². The average Bonchev–Trinajstić information content (AvgIpc) is 3.11. The summed E-state index contributed by atoms with van der Waals surface area (Å²) in [5.41, 5.74) is -0.230. The number of aliphatic hydroxyl groups excluding tert-OH is 3. The van der Waals surface area contributed by atoms with E-state index in [4.69, 9.17) is 0 Å². The summed E-state index contributed by atoms with van der Waals surface area (Å²) in [5, 5.41) is 46.1. The van der Waals surface area contributed by atoms with Crippen LogP contribution < -0.4 is 40.0 Å². The molecule has 0 aromatic rings. The fourth-order valence-corrected chi connectivity index (χ4v) is 8.95. The molecular weight excluding hydrogens is 445 g/mol. The molecule has 0 radical (unpaired) electrons. The van der Waals surface area contributed by atoms with Crippen LogP contribution in [0.4, 0.5) is 0 Å². The molecule has 1 amide bonds. The van der Waals surface area contributed by atoms with Crippen molar-refractivity contribution in [2.75, 3.05) is 6.54 Å². The molecule has 4 saturated carbocycles. The van der Waals surface area contributed by atoms with Crippen molar-refractivity contribution in [2.24, 2.45) is 46.3 Å². The molecule has 0 bridgehead atoms. The van der Waals surface area contributed by atoms with Crippen LogP contribution in [0.15, 0.2) is 0 Å². The van der Waals surface area contributed by atoms with Gasteiger partial charge in [0.05, 0.1) is 30.8 Å². The molecule has 0 spiro atoms. The van der Waals surface area contributed by atoms with Crippen LogP contribution in [0.3, 0.4) is 0 Å². The molecule has 0 aliphatic heterocycles. The summed E-state index contributed by atoms with van der Waals surface area (Å²) >= 11 is 0. The fraction of sp³-hybridized carbons (Fsp3) is 0.923. The second-order valence-electron chi connectivity index (χ2n) is 12.2. The Bertz CT molecular complexity index is 766. The molecule has 4 N–H and O–H groups in total. The molecule has 0 saturated heterocycles. The normalized spacial score (nSPS) is 46.3. The van der Waals surface area contributed by atoms with E-state index in [0.717, 1.165) is 38.5 Å². The molecule has 4 aliphatic carbocycles. The molecule has 4 fully saturated rings. The summed E-state index contributed by atoms with van der Waals surface area (Å²) in [6.07, 6.45) is 5.75. The van der Waals surface area contributed by atoms with Gasteiger partial charge in [-0.25, -0.2) is 0 Å². The average molecular weight is 488 g/mol. The predicted molar refractivity (Wildman–Crippen MR) is 120 cm³/mol. The summed E-state index contributed by atoms with van der Waals surface area (Å²) in [7, 11) is 0. The molecule has 9 unspecified atom stereocenters. The minimum Gasteiger partial charge on any atom is -0.548 e. The Balaban J connectivity index is 0.00000324. The topological polar surface area (TPSA) is 130 Å². The first-order chi connectivity index (χ1) is 15.5. The molecule has 11 atom stereocenters. The van der Waals surface area contributed by atoms with Crippen molar-refractivity contribution < 1.29 is 59.6 Å². The molecular formula is C26H42NNaO6. The number of carbonyl (C=O) groups excluding carboxylic acids is 2. The van der Waals surface area contributed by atoms with Crippen LogP contribution in [-0.2, 0) is 9.59 Å². The molecule has 0 aromatic carbocycles. The van der Waals surface area contributed by atoms with Crippen LogP contribution in [0.25, 0.3) is 0 Å². The number of amides is 1. The molecule has 4 rings (SSSR count). The van der Waals surface area contributed by atoms with E-state index in [1.165, 1.54) is 0 Å². The number of carboxylic acids is 1. The van der Waals surface area contributed by atoms with Gasteiger partial charge in [0, 0.05) is 6.42 Å². The Hall–Kier alpha value is -0.180. The van der Waals surface area contributed by atoms with Crippen molar-refractivity contribution in [1.82, 2.24) is 5.32 Å². The van der Waals surface area contributed by atoms with Gasteiger partial charge in [0.2, 0.25) is 5.91 Å². The minimum absolute atomic E-state index is 0. The van der Waals surface area contributed by atoms with Crippen molar-refractivity contribution in [3.8, 4) is 0 Å². The number of carboxylic acid groups (broad SMARTS) is 1. The van der Waals surface area contributed by atoms with Crippen molar-refractivity contribution >= 4 is 11.9 Å². The third kappa shape index (κ3) is 4.87. The van der Waals surface area contributed by atoms with Gasteiger partial charge in [-0.05, 0) is 97.7 Å².